The van der Waals surface area contributed by atoms with Crippen molar-refractivity contribution in [2.75, 3.05) is 33.3 Å². The predicted molar refractivity (Wildman–Crippen MR) is 112 cm³/mol. The van der Waals surface area contributed by atoms with Crippen molar-refractivity contribution >= 4 is 21.8 Å². The van der Waals surface area contributed by atoms with Crippen LogP contribution in [-0.4, -0.2) is 73.7 Å². The lowest BCUT2D eigenvalue weighted by atomic mass is 10.0. The van der Waals surface area contributed by atoms with E-state index in [1.54, 1.807) is 20.8 Å². The second-order valence-electron chi connectivity index (χ2n) is 7.67. The number of aromatic nitrogens is 1. The number of aryl methyl sites for hydroxylation is 1. The number of esters is 1. The number of carbonyl (C=O) groups is 2. The van der Waals surface area contributed by atoms with Crippen LogP contribution in [0.5, 0.6) is 0 Å². The van der Waals surface area contributed by atoms with Gasteiger partial charge in [-0.3, -0.25) is 9.69 Å². The maximum absolute atomic E-state index is 14.0. The third-order valence-corrected chi connectivity index (χ3v) is 7.70. The molecule has 1 aliphatic rings. The average Bonchev–Trinajstić information content (AvgIpc) is 3.07. The van der Waals surface area contributed by atoms with Gasteiger partial charge in [0.05, 0.1) is 24.4 Å². The van der Waals surface area contributed by atoms with Gasteiger partial charge in [-0.25, -0.2) is 22.0 Å². The molecule has 2 heterocycles. The smallest absolute Gasteiger partial charge is 0.339 e. The summed E-state index contributed by atoms with van der Waals surface area (Å²) in [5, 5.41) is 0. The van der Waals surface area contributed by atoms with Crippen molar-refractivity contribution in [1.29, 1.82) is 0 Å². The lowest BCUT2D eigenvalue weighted by Crippen LogP contribution is -2.53. The summed E-state index contributed by atoms with van der Waals surface area (Å²) in [5.41, 5.74) is 1.63. The monoisotopic (exact) mass is 469 g/mol. The van der Waals surface area contributed by atoms with Crippen LogP contribution in [0, 0.1) is 25.5 Å². The maximum atomic E-state index is 14.0. The van der Waals surface area contributed by atoms with Gasteiger partial charge in [-0.15, -0.1) is 0 Å². The minimum Gasteiger partial charge on any atom is -0.465 e. The number of sulfonamides is 1. The number of halogens is 2. The van der Waals surface area contributed by atoms with E-state index in [0.717, 1.165) is 16.4 Å². The topological polar surface area (TPSA) is 99.8 Å². The zero-order chi connectivity index (χ0) is 23.8. The van der Waals surface area contributed by atoms with Crippen molar-refractivity contribution in [2.24, 2.45) is 0 Å². The van der Waals surface area contributed by atoms with Crippen molar-refractivity contribution in [3.05, 3.63) is 52.3 Å². The number of H-pyrrole nitrogens is 1. The van der Waals surface area contributed by atoms with E-state index in [4.69, 9.17) is 4.74 Å². The van der Waals surface area contributed by atoms with Crippen LogP contribution in [0.4, 0.5) is 8.78 Å². The number of aromatic amines is 1. The van der Waals surface area contributed by atoms with Gasteiger partial charge in [-0.1, -0.05) is 0 Å². The van der Waals surface area contributed by atoms with E-state index in [2.05, 4.69) is 4.98 Å². The van der Waals surface area contributed by atoms with Crippen molar-refractivity contribution in [3.63, 3.8) is 0 Å². The normalized spacial score (nSPS) is 16.7. The molecule has 11 heteroatoms. The Bertz CT molecular complexity index is 1150. The molecule has 8 nitrogen and oxygen atoms in total. The van der Waals surface area contributed by atoms with Crippen LogP contribution in [0.3, 0.4) is 0 Å². The number of methoxy groups -OCH3 is 1. The van der Waals surface area contributed by atoms with E-state index >= 15 is 0 Å². The molecular formula is C21H25F2N3O5S. The van der Waals surface area contributed by atoms with Gasteiger partial charge in [-0.2, -0.15) is 4.31 Å². The Kier molecular flexibility index (Phi) is 6.82. The lowest BCUT2D eigenvalue weighted by molar-refractivity contribution is 0.0599. The van der Waals surface area contributed by atoms with Gasteiger partial charge in [0.1, 0.15) is 16.5 Å². The Morgan fingerprint density at radius 2 is 1.75 bits per heavy atom. The third-order valence-electron chi connectivity index (χ3n) is 5.78. The first-order valence-electron chi connectivity index (χ1n) is 10.00. The standard InChI is InChI=1S/C21H25F2N3O5S/c1-12-18(21(28)31-4)13(2)24-19(12)20(27)14(3)25-7-9-26(10-8-25)32(29,30)17-11-15(22)5-6-16(17)23/h5-6,11,14,24H,7-10H2,1-4H3/t14-/m1/s1. The average molecular weight is 470 g/mol. The van der Waals surface area contributed by atoms with Gasteiger partial charge in [0.2, 0.25) is 10.0 Å². The zero-order valence-electron chi connectivity index (χ0n) is 18.2. The Balaban J connectivity index is 1.73. The van der Waals surface area contributed by atoms with Crippen molar-refractivity contribution in [2.45, 2.75) is 31.7 Å². The van der Waals surface area contributed by atoms with Gasteiger partial charge >= 0.3 is 5.97 Å². The molecule has 32 heavy (non-hydrogen) atoms. The second-order valence-corrected chi connectivity index (χ2v) is 9.58. The molecule has 0 saturated carbocycles. The number of rotatable bonds is 6. The van der Waals surface area contributed by atoms with E-state index in [1.165, 1.54) is 7.11 Å². The molecule has 174 valence electrons. The molecule has 0 aliphatic carbocycles. The molecule has 1 fully saturated rings. The highest BCUT2D eigenvalue weighted by Crippen LogP contribution is 2.24. The van der Waals surface area contributed by atoms with Gasteiger partial charge in [0.25, 0.3) is 0 Å². The van der Waals surface area contributed by atoms with Crippen molar-refractivity contribution < 1.29 is 31.5 Å². The predicted octanol–water partition coefficient (Wildman–Crippen LogP) is 2.27. The summed E-state index contributed by atoms with van der Waals surface area (Å²) >= 11 is 0. The molecule has 0 radical (unpaired) electrons. The molecule has 1 aromatic heterocycles. The van der Waals surface area contributed by atoms with E-state index in [9.17, 15) is 26.8 Å². The highest BCUT2D eigenvalue weighted by atomic mass is 32.2. The minimum atomic E-state index is -4.21. The van der Waals surface area contributed by atoms with Crippen LogP contribution in [0.25, 0.3) is 0 Å². The SMILES string of the molecule is COC(=O)c1c(C)[nH]c(C(=O)[C@@H](C)N2CCN(S(=O)(=O)c3cc(F)ccc3F)CC2)c1C. The second kappa shape index (κ2) is 9.08. The van der Waals surface area contributed by atoms with Gasteiger partial charge in [0.15, 0.2) is 5.78 Å². The molecule has 0 amide bonds. The number of benzene rings is 1. The van der Waals surface area contributed by atoms with E-state index in [1.807, 2.05) is 4.90 Å². The van der Waals surface area contributed by atoms with Gasteiger partial charge in [0, 0.05) is 31.9 Å². The Labute approximate surface area is 185 Å². The van der Waals surface area contributed by atoms with Crippen molar-refractivity contribution in [3.8, 4) is 0 Å². The number of nitrogens with one attached hydrogen (secondary N) is 1. The molecule has 3 rings (SSSR count). The summed E-state index contributed by atoms with van der Waals surface area (Å²) in [5.74, 6) is -2.64. The van der Waals surface area contributed by atoms with Crippen LogP contribution in [0.1, 0.15) is 39.0 Å². The highest BCUT2D eigenvalue weighted by Gasteiger charge is 2.35. The van der Waals surface area contributed by atoms with E-state index in [-0.39, 0.29) is 32.0 Å². The molecule has 1 aromatic carbocycles. The largest absolute Gasteiger partial charge is 0.465 e. The summed E-state index contributed by atoms with van der Waals surface area (Å²) in [6.45, 7) is 5.53. The highest BCUT2D eigenvalue weighted by molar-refractivity contribution is 7.89. The van der Waals surface area contributed by atoms with Gasteiger partial charge in [-0.05, 0) is 44.5 Å². The summed E-state index contributed by atoms with van der Waals surface area (Å²) < 4.78 is 58.8. The maximum Gasteiger partial charge on any atom is 0.339 e. The van der Waals surface area contributed by atoms with Gasteiger partial charge < -0.3 is 9.72 Å². The minimum absolute atomic E-state index is 0.0199. The fourth-order valence-electron chi connectivity index (χ4n) is 3.92. The summed E-state index contributed by atoms with van der Waals surface area (Å²) in [4.78, 5) is 29.1. The third kappa shape index (κ3) is 4.32. The first-order valence-corrected chi connectivity index (χ1v) is 11.4. The molecule has 0 unspecified atom stereocenters. The summed E-state index contributed by atoms with van der Waals surface area (Å²) in [6, 6.07) is 1.71. The number of nitrogens with zero attached hydrogens (tertiary/aromatic N) is 2. The van der Waals surface area contributed by atoms with E-state index in [0.29, 0.717) is 28.6 Å². The Morgan fingerprint density at radius 1 is 1.12 bits per heavy atom. The number of piperazine rings is 1. The number of ketones is 1. The number of Topliss-reactive ketones (excluding diaryl/α,β-unsaturated/α-hetero) is 1. The van der Waals surface area contributed by atoms with Crippen LogP contribution in [-0.2, 0) is 14.8 Å². The number of hydrogen-bond acceptors (Lipinski definition) is 6. The molecule has 0 spiro atoms. The molecule has 1 N–H and O–H groups in total. The number of carbonyl (C=O) groups excluding carboxylic acids is 2. The molecule has 1 aliphatic heterocycles. The fraction of sp³-hybridized carbons (Fsp3) is 0.429. The molecule has 2 aromatic rings. The summed E-state index contributed by atoms with van der Waals surface area (Å²) in [6.07, 6.45) is 0. The zero-order valence-corrected chi connectivity index (χ0v) is 19.1. The molecular weight excluding hydrogens is 444 g/mol. The van der Waals surface area contributed by atoms with Crippen LogP contribution in [0.2, 0.25) is 0 Å². The Morgan fingerprint density at radius 3 is 2.34 bits per heavy atom. The number of hydrogen-bond donors (Lipinski definition) is 1. The molecule has 0 bridgehead atoms. The van der Waals surface area contributed by atoms with Crippen LogP contribution in [0.15, 0.2) is 23.1 Å². The van der Waals surface area contributed by atoms with Crippen LogP contribution < -0.4 is 0 Å². The fourth-order valence-corrected chi connectivity index (χ4v) is 5.42. The van der Waals surface area contributed by atoms with Crippen molar-refractivity contribution in [1.82, 2.24) is 14.2 Å². The quantitative estimate of drug-likeness (QED) is 0.515. The molecule has 1 saturated heterocycles. The number of ether oxygens (including phenoxy) is 1. The van der Waals surface area contributed by atoms with Crippen LogP contribution >= 0.6 is 0 Å². The Hall–Kier alpha value is -2.63. The van der Waals surface area contributed by atoms with E-state index < -0.39 is 38.6 Å². The first-order chi connectivity index (χ1) is 15.0. The summed E-state index contributed by atoms with van der Waals surface area (Å²) in [7, 11) is -2.94. The first kappa shape index (κ1) is 24.0. The molecule has 1 atom stereocenters. The lowest BCUT2D eigenvalue weighted by Gasteiger charge is -2.36.